The Balaban J connectivity index is 2.59. The van der Waals surface area contributed by atoms with Gasteiger partial charge in [-0.05, 0) is 0 Å². The van der Waals surface area contributed by atoms with Gasteiger partial charge < -0.3 is 4.57 Å². The number of nitrogens with zero attached hydrogens (tertiary/aromatic N) is 4. The van der Waals surface area contributed by atoms with Gasteiger partial charge in [0.2, 0.25) is 5.82 Å². The number of aromatic nitrogens is 4. The van der Waals surface area contributed by atoms with Gasteiger partial charge >= 0.3 is 6.18 Å². The molecule has 0 saturated carbocycles. The van der Waals surface area contributed by atoms with E-state index in [1.807, 2.05) is 0 Å². The van der Waals surface area contributed by atoms with E-state index in [0.29, 0.717) is 5.56 Å². The van der Waals surface area contributed by atoms with Crippen LogP contribution in [0.1, 0.15) is 5.82 Å². The Kier molecular flexibility index (Phi) is 2.78. The maximum absolute atomic E-state index is 12.6. The fourth-order valence-electron chi connectivity index (χ4n) is 1.34. The minimum Gasteiger partial charge on any atom is -0.314 e. The van der Waals surface area contributed by atoms with Crippen LogP contribution in [0.15, 0.2) is 18.7 Å². The van der Waals surface area contributed by atoms with Gasteiger partial charge in [-0.25, -0.2) is 15.0 Å². The van der Waals surface area contributed by atoms with Crippen LogP contribution in [0.25, 0.3) is 11.3 Å². The minimum atomic E-state index is -4.55. The third kappa shape index (κ3) is 2.10. The van der Waals surface area contributed by atoms with E-state index in [1.54, 1.807) is 0 Å². The predicted octanol–water partition coefficient (Wildman–Crippen LogP) is 2.55. The average molecular weight is 263 g/mol. The van der Waals surface area contributed by atoms with Crippen LogP contribution in [0.4, 0.5) is 13.2 Å². The molecule has 0 radical (unpaired) electrons. The predicted molar refractivity (Wildman–Crippen MR) is 54.2 cm³/mol. The van der Waals surface area contributed by atoms with E-state index in [-0.39, 0.29) is 10.8 Å². The first kappa shape index (κ1) is 11.8. The van der Waals surface area contributed by atoms with Gasteiger partial charge in [-0.1, -0.05) is 11.6 Å². The highest BCUT2D eigenvalue weighted by atomic mass is 35.5. The van der Waals surface area contributed by atoms with Crippen molar-refractivity contribution in [1.29, 1.82) is 0 Å². The van der Waals surface area contributed by atoms with Gasteiger partial charge in [-0.15, -0.1) is 0 Å². The molecule has 2 aromatic heterocycles. The quantitative estimate of drug-likeness (QED) is 0.793. The van der Waals surface area contributed by atoms with Crippen molar-refractivity contribution in [3.05, 3.63) is 29.7 Å². The molecule has 0 atom stereocenters. The second-order valence-electron chi connectivity index (χ2n) is 3.26. The van der Waals surface area contributed by atoms with Crippen molar-refractivity contribution in [2.24, 2.45) is 7.05 Å². The van der Waals surface area contributed by atoms with Crippen molar-refractivity contribution in [1.82, 2.24) is 19.5 Å². The number of imidazole rings is 1. The first-order valence-corrected chi connectivity index (χ1v) is 4.84. The zero-order valence-corrected chi connectivity index (χ0v) is 9.29. The molecule has 0 spiro atoms. The van der Waals surface area contributed by atoms with Crippen LogP contribution < -0.4 is 0 Å². The standard InChI is InChI=1S/C9H6ClF3N4/c1-17-7(10)6(5-2-14-4-15-3-5)16-8(17)9(11,12)13/h2-4H,1H3. The zero-order chi connectivity index (χ0) is 12.6. The summed E-state index contributed by atoms with van der Waals surface area (Å²) >= 11 is 5.80. The maximum atomic E-state index is 12.6. The molecular weight excluding hydrogens is 257 g/mol. The monoisotopic (exact) mass is 262 g/mol. The van der Waals surface area contributed by atoms with Crippen molar-refractivity contribution < 1.29 is 13.2 Å². The number of rotatable bonds is 1. The van der Waals surface area contributed by atoms with Crippen LogP contribution in [0.5, 0.6) is 0 Å². The normalized spacial score (nSPS) is 11.8. The van der Waals surface area contributed by atoms with Gasteiger partial charge in [-0.2, -0.15) is 13.2 Å². The average Bonchev–Trinajstić information content (AvgIpc) is 2.57. The van der Waals surface area contributed by atoms with Crippen LogP contribution in [-0.2, 0) is 13.2 Å². The van der Waals surface area contributed by atoms with E-state index >= 15 is 0 Å². The van der Waals surface area contributed by atoms with E-state index in [2.05, 4.69) is 15.0 Å². The Morgan fingerprint density at radius 1 is 1.24 bits per heavy atom. The van der Waals surface area contributed by atoms with Crippen LogP contribution in [0.2, 0.25) is 5.15 Å². The number of hydrogen-bond donors (Lipinski definition) is 0. The Labute approximate surface area is 99.1 Å². The number of hydrogen-bond acceptors (Lipinski definition) is 3. The fraction of sp³-hybridized carbons (Fsp3) is 0.222. The molecular formula is C9H6ClF3N4. The highest BCUT2D eigenvalue weighted by Gasteiger charge is 2.37. The molecule has 0 aliphatic heterocycles. The van der Waals surface area contributed by atoms with E-state index in [4.69, 9.17) is 11.6 Å². The lowest BCUT2D eigenvalue weighted by molar-refractivity contribution is -0.146. The fourth-order valence-corrected chi connectivity index (χ4v) is 1.57. The second-order valence-corrected chi connectivity index (χ2v) is 3.62. The summed E-state index contributed by atoms with van der Waals surface area (Å²) in [4.78, 5) is 10.9. The molecule has 0 aliphatic carbocycles. The van der Waals surface area contributed by atoms with Crippen molar-refractivity contribution >= 4 is 11.6 Å². The summed E-state index contributed by atoms with van der Waals surface area (Å²) in [5.74, 6) is -1.05. The lowest BCUT2D eigenvalue weighted by atomic mass is 10.3. The van der Waals surface area contributed by atoms with Gasteiger partial charge in [0, 0.05) is 25.0 Å². The summed E-state index contributed by atoms with van der Waals surface area (Å²) in [6.45, 7) is 0. The lowest BCUT2D eigenvalue weighted by Gasteiger charge is -2.04. The summed E-state index contributed by atoms with van der Waals surface area (Å²) in [6, 6.07) is 0. The number of alkyl halides is 3. The molecule has 0 amide bonds. The zero-order valence-electron chi connectivity index (χ0n) is 8.53. The first-order chi connectivity index (χ1) is 7.91. The summed E-state index contributed by atoms with van der Waals surface area (Å²) in [5.41, 5.74) is 0.352. The smallest absolute Gasteiger partial charge is 0.314 e. The van der Waals surface area contributed by atoms with Gasteiger partial charge in [0.1, 0.15) is 17.2 Å². The van der Waals surface area contributed by atoms with E-state index < -0.39 is 12.0 Å². The summed E-state index contributed by atoms with van der Waals surface area (Å²) < 4.78 is 38.5. The van der Waals surface area contributed by atoms with E-state index in [1.165, 1.54) is 25.8 Å². The molecule has 0 bridgehead atoms. The highest BCUT2D eigenvalue weighted by molar-refractivity contribution is 6.32. The van der Waals surface area contributed by atoms with Crippen LogP contribution in [0.3, 0.4) is 0 Å². The molecule has 0 N–H and O–H groups in total. The van der Waals surface area contributed by atoms with Crippen molar-refractivity contribution in [2.45, 2.75) is 6.18 Å². The second kappa shape index (κ2) is 3.99. The summed E-state index contributed by atoms with van der Waals surface area (Å²) in [7, 11) is 1.20. The summed E-state index contributed by atoms with van der Waals surface area (Å²) in [6.07, 6.45) is -0.583. The van der Waals surface area contributed by atoms with E-state index in [0.717, 1.165) is 4.57 Å². The van der Waals surface area contributed by atoms with Gasteiger partial charge in [0.05, 0.1) is 0 Å². The molecule has 8 heteroatoms. The molecule has 2 heterocycles. The van der Waals surface area contributed by atoms with Gasteiger partial charge in [0.25, 0.3) is 0 Å². The van der Waals surface area contributed by atoms with Gasteiger partial charge in [0.15, 0.2) is 0 Å². The third-order valence-corrected chi connectivity index (χ3v) is 2.55. The molecule has 90 valence electrons. The maximum Gasteiger partial charge on any atom is 0.449 e. The van der Waals surface area contributed by atoms with Crippen molar-refractivity contribution in [3.63, 3.8) is 0 Å². The van der Waals surface area contributed by atoms with Crippen LogP contribution in [0, 0.1) is 0 Å². The number of halogens is 4. The molecule has 0 aliphatic rings. The van der Waals surface area contributed by atoms with Crippen LogP contribution in [-0.4, -0.2) is 19.5 Å². The third-order valence-electron chi connectivity index (χ3n) is 2.11. The van der Waals surface area contributed by atoms with Crippen LogP contribution >= 0.6 is 11.6 Å². The molecule has 17 heavy (non-hydrogen) atoms. The molecule has 0 saturated heterocycles. The van der Waals surface area contributed by atoms with Gasteiger partial charge in [-0.3, -0.25) is 0 Å². The largest absolute Gasteiger partial charge is 0.449 e. The Bertz CT molecular complexity index is 535. The summed E-state index contributed by atoms with van der Waals surface area (Å²) in [5, 5.41) is -0.105. The lowest BCUT2D eigenvalue weighted by Crippen LogP contribution is -2.12. The SMILES string of the molecule is Cn1c(C(F)(F)F)nc(-c2cncnc2)c1Cl. The molecule has 2 rings (SSSR count). The Hall–Kier alpha value is -1.63. The van der Waals surface area contributed by atoms with E-state index in [9.17, 15) is 13.2 Å². The molecule has 2 aromatic rings. The first-order valence-electron chi connectivity index (χ1n) is 4.46. The highest BCUT2D eigenvalue weighted by Crippen LogP contribution is 2.34. The van der Waals surface area contributed by atoms with Crippen molar-refractivity contribution in [3.8, 4) is 11.3 Å². The Morgan fingerprint density at radius 3 is 2.29 bits per heavy atom. The Morgan fingerprint density at radius 2 is 1.82 bits per heavy atom. The molecule has 4 nitrogen and oxygen atoms in total. The topological polar surface area (TPSA) is 43.6 Å². The minimum absolute atomic E-state index is 0.0158. The molecule has 0 aromatic carbocycles. The molecule has 0 fully saturated rings. The van der Waals surface area contributed by atoms with Crippen molar-refractivity contribution in [2.75, 3.05) is 0 Å². The molecule has 0 unspecified atom stereocenters.